The van der Waals surface area contributed by atoms with Crippen LogP contribution in [0.25, 0.3) is 0 Å². The number of hydrogen-bond donors (Lipinski definition) is 1. The Bertz CT molecular complexity index is 672. The molecule has 1 N–H and O–H groups in total. The number of hydrogen-bond acceptors (Lipinski definition) is 5. The maximum Gasteiger partial charge on any atom is 0.330 e. The average Bonchev–Trinajstić information content (AvgIpc) is 2.70. The normalized spacial score (nSPS) is 17.3. The van der Waals surface area contributed by atoms with Crippen LogP contribution < -0.4 is 5.32 Å². The van der Waals surface area contributed by atoms with Gasteiger partial charge < -0.3 is 14.8 Å². The number of ether oxygens (including phenoxy) is 2. The first kappa shape index (κ1) is 18.4. The van der Waals surface area contributed by atoms with Gasteiger partial charge in [-0.05, 0) is 24.6 Å². The molecule has 0 aliphatic carbocycles. The molecule has 0 saturated carbocycles. The van der Waals surface area contributed by atoms with Gasteiger partial charge in [-0.25, -0.2) is 4.79 Å². The zero-order valence-electron chi connectivity index (χ0n) is 15.1. The van der Waals surface area contributed by atoms with Crippen LogP contribution in [0.15, 0.2) is 60.7 Å². The summed E-state index contributed by atoms with van der Waals surface area (Å²) in [5, 5.41) is 3.40. The largest absolute Gasteiger partial charge is 0.464 e. The van der Waals surface area contributed by atoms with Crippen LogP contribution in [0.1, 0.15) is 18.5 Å². The second kappa shape index (κ2) is 9.36. The summed E-state index contributed by atoms with van der Waals surface area (Å²) in [5.74, 6) is -0.239. The number of para-hydroxylation sites is 1. The van der Waals surface area contributed by atoms with Gasteiger partial charge in [0.05, 0.1) is 25.9 Å². The molecule has 2 aromatic carbocycles. The predicted molar refractivity (Wildman–Crippen MR) is 102 cm³/mol. The van der Waals surface area contributed by atoms with E-state index in [9.17, 15) is 4.79 Å². The number of carbonyl (C=O) groups is 1. The minimum Gasteiger partial charge on any atom is -0.464 e. The summed E-state index contributed by atoms with van der Waals surface area (Å²) in [7, 11) is 0. The van der Waals surface area contributed by atoms with Gasteiger partial charge in [-0.3, -0.25) is 4.90 Å². The first-order chi connectivity index (χ1) is 12.8. The van der Waals surface area contributed by atoms with Gasteiger partial charge in [-0.2, -0.15) is 0 Å². The fraction of sp³-hybridized carbons (Fsp3) is 0.381. The Labute approximate surface area is 154 Å². The van der Waals surface area contributed by atoms with Crippen molar-refractivity contribution in [3.8, 4) is 0 Å². The summed E-state index contributed by atoms with van der Waals surface area (Å²) >= 11 is 0. The number of nitrogens with zero attached hydrogens (tertiary/aromatic N) is 1. The fourth-order valence-corrected chi connectivity index (χ4v) is 3.33. The van der Waals surface area contributed by atoms with E-state index in [0.717, 1.165) is 24.3 Å². The van der Waals surface area contributed by atoms with Crippen LogP contribution in [-0.4, -0.2) is 49.8 Å². The van der Waals surface area contributed by atoms with Crippen LogP contribution in [-0.2, 0) is 14.3 Å². The van der Waals surface area contributed by atoms with Crippen LogP contribution in [0.3, 0.4) is 0 Å². The van der Waals surface area contributed by atoms with Crippen molar-refractivity contribution in [3.05, 3.63) is 66.2 Å². The van der Waals surface area contributed by atoms with Gasteiger partial charge in [0.25, 0.3) is 0 Å². The fourth-order valence-electron chi connectivity index (χ4n) is 3.33. The smallest absolute Gasteiger partial charge is 0.330 e. The number of rotatable bonds is 7. The molecular weight excluding hydrogens is 328 g/mol. The van der Waals surface area contributed by atoms with Crippen molar-refractivity contribution >= 4 is 11.7 Å². The molecule has 0 bridgehead atoms. The third-order valence-electron chi connectivity index (χ3n) is 4.53. The number of nitrogens with one attached hydrogen (secondary N) is 1. The first-order valence-corrected chi connectivity index (χ1v) is 9.14. The number of benzene rings is 2. The van der Waals surface area contributed by atoms with Gasteiger partial charge in [0.1, 0.15) is 6.04 Å². The second-order valence-electron chi connectivity index (χ2n) is 6.24. The molecule has 0 radical (unpaired) electrons. The number of carbonyl (C=O) groups excluding carboxylic acids is 1. The minimum absolute atomic E-state index is 0.126. The van der Waals surface area contributed by atoms with Crippen LogP contribution in [0.5, 0.6) is 0 Å². The Morgan fingerprint density at radius 3 is 2.31 bits per heavy atom. The monoisotopic (exact) mass is 354 g/mol. The lowest BCUT2D eigenvalue weighted by Gasteiger charge is -2.38. The highest BCUT2D eigenvalue weighted by Gasteiger charge is 2.36. The summed E-state index contributed by atoms with van der Waals surface area (Å²) in [6, 6.07) is 19.3. The Hall–Kier alpha value is -2.37. The lowest BCUT2D eigenvalue weighted by atomic mass is 9.96. The van der Waals surface area contributed by atoms with Gasteiger partial charge in [-0.15, -0.1) is 0 Å². The molecule has 1 aliphatic rings. The Balaban J connectivity index is 1.95. The van der Waals surface area contributed by atoms with Crippen molar-refractivity contribution in [1.29, 1.82) is 0 Å². The van der Waals surface area contributed by atoms with Crippen molar-refractivity contribution in [1.82, 2.24) is 4.90 Å². The molecule has 0 aromatic heterocycles. The molecule has 2 atom stereocenters. The molecule has 1 saturated heterocycles. The maximum absolute atomic E-state index is 12.9. The van der Waals surface area contributed by atoms with Crippen LogP contribution >= 0.6 is 0 Å². The van der Waals surface area contributed by atoms with Crippen molar-refractivity contribution in [3.63, 3.8) is 0 Å². The van der Waals surface area contributed by atoms with Crippen molar-refractivity contribution < 1.29 is 14.3 Å². The van der Waals surface area contributed by atoms with Gasteiger partial charge in [0, 0.05) is 18.8 Å². The van der Waals surface area contributed by atoms with E-state index in [-0.39, 0.29) is 12.0 Å². The Morgan fingerprint density at radius 1 is 1.08 bits per heavy atom. The molecular formula is C21H26N2O3. The molecule has 0 amide bonds. The van der Waals surface area contributed by atoms with E-state index < -0.39 is 6.04 Å². The highest BCUT2D eigenvalue weighted by atomic mass is 16.5. The minimum atomic E-state index is -0.502. The number of morpholine rings is 1. The summed E-state index contributed by atoms with van der Waals surface area (Å²) in [4.78, 5) is 15.2. The molecule has 5 nitrogen and oxygen atoms in total. The molecule has 0 unspecified atom stereocenters. The zero-order chi connectivity index (χ0) is 18.2. The molecule has 2 aromatic rings. The average molecular weight is 354 g/mol. The van der Waals surface area contributed by atoms with Gasteiger partial charge in [0.15, 0.2) is 0 Å². The van der Waals surface area contributed by atoms with Crippen LogP contribution in [0, 0.1) is 0 Å². The Morgan fingerprint density at radius 2 is 1.69 bits per heavy atom. The molecule has 3 rings (SSSR count). The standard InChI is InChI=1S/C21H26N2O3/c1-2-26-21(24)19(22-18-11-7-4-8-12-18)20(17-9-5-3-6-10-17)23-13-15-25-16-14-23/h3-12,19-20,22H,2,13-16H2,1H3/t19-,20+/m0/s1. The van der Waals surface area contributed by atoms with E-state index in [1.165, 1.54) is 0 Å². The van der Waals surface area contributed by atoms with E-state index in [2.05, 4.69) is 22.3 Å². The second-order valence-corrected chi connectivity index (χ2v) is 6.24. The first-order valence-electron chi connectivity index (χ1n) is 9.14. The van der Waals surface area contributed by atoms with E-state index in [1.807, 2.05) is 55.5 Å². The molecule has 1 heterocycles. The third-order valence-corrected chi connectivity index (χ3v) is 4.53. The quantitative estimate of drug-likeness (QED) is 0.775. The number of esters is 1. The number of anilines is 1. The van der Waals surface area contributed by atoms with Gasteiger partial charge in [0.2, 0.25) is 0 Å². The zero-order valence-corrected chi connectivity index (χ0v) is 15.1. The third kappa shape index (κ3) is 4.62. The topological polar surface area (TPSA) is 50.8 Å². The molecule has 0 spiro atoms. The summed E-state index contributed by atoms with van der Waals surface area (Å²) in [5.41, 5.74) is 2.00. The predicted octanol–water partition coefficient (Wildman–Crippen LogP) is 3.10. The van der Waals surface area contributed by atoms with Crippen LogP contribution in [0.2, 0.25) is 0 Å². The lowest BCUT2D eigenvalue weighted by Crippen LogP contribution is -2.49. The maximum atomic E-state index is 12.9. The van der Waals surface area contributed by atoms with Crippen LogP contribution in [0.4, 0.5) is 5.69 Å². The van der Waals surface area contributed by atoms with E-state index in [1.54, 1.807) is 0 Å². The molecule has 1 aliphatic heterocycles. The highest BCUT2D eigenvalue weighted by molar-refractivity contribution is 5.80. The van der Waals surface area contributed by atoms with E-state index in [0.29, 0.717) is 19.8 Å². The van der Waals surface area contributed by atoms with Crippen molar-refractivity contribution in [2.24, 2.45) is 0 Å². The van der Waals surface area contributed by atoms with E-state index >= 15 is 0 Å². The van der Waals surface area contributed by atoms with Gasteiger partial charge >= 0.3 is 5.97 Å². The lowest BCUT2D eigenvalue weighted by molar-refractivity contribution is -0.146. The molecule has 5 heteroatoms. The Kier molecular flexibility index (Phi) is 6.63. The van der Waals surface area contributed by atoms with Crippen molar-refractivity contribution in [2.75, 3.05) is 38.2 Å². The summed E-state index contributed by atoms with van der Waals surface area (Å²) in [6.45, 7) is 5.10. The molecule has 26 heavy (non-hydrogen) atoms. The molecule has 1 fully saturated rings. The summed E-state index contributed by atoms with van der Waals surface area (Å²) < 4.78 is 10.9. The van der Waals surface area contributed by atoms with E-state index in [4.69, 9.17) is 9.47 Å². The summed E-state index contributed by atoms with van der Waals surface area (Å²) in [6.07, 6.45) is 0. The molecule has 138 valence electrons. The SMILES string of the molecule is CCOC(=O)[C@@H](Nc1ccccc1)[C@@H](c1ccccc1)N1CCOCC1. The highest BCUT2D eigenvalue weighted by Crippen LogP contribution is 2.28. The van der Waals surface area contributed by atoms with Gasteiger partial charge in [-0.1, -0.05) is 48.5 Å². The van der Waals surface area contributed by atoms with Crippen molar-refractivity contribution in [2.45, 2.75) is 19.0 Å².